The minimum atomic E-state index is -2.50. The highest BCUT2D eigenvalue weighted by Crippen LogP contribution is 2.31. The zero-order valence-corrected chi connectivity index (χ0v) is 8.14. The number of carbonyl (C=O) groups excluding carboxylic acids is 1. The predicted molar refractivity (Wildman–Crippen MR) is 48.4 cm³/mol. The van der Waals surface area contributed by atoms with Gasteiger partial charge in [-0.2, -0.15) is 0 Å². The van der Waals surface area contributed by atoms with E-state index in [0.29, 0.717) is 19.4 Å². The normalized spacial score (nSPS) is 29.7. The van der Waals surface area contributed by atoms with Crippen molar-refractivity contribution in [3.05, 3.63) is 0 Å². The predicted octanol–water partition coefficient (Wildman–Crippen LogP) is 1.84. The van der Waals surface area contributed by atoms with Crippen molar-refractivity contribution in [2.45, 2.75) is 44.1 Å². The third-order valence-electron chi connectivity index (χ3n) is 3.23. The van der Waals surface area contributed by atoms with Crippen molar-refractivity contribution in [1.29, 1.82) is 0 Å². The largest absolute Gasteiger partial charge is 0.300 e. The van der Waals surface area contributed by atoms with Gasteiger partial charge in [0.25, 0.3) is 5.92 Å². The fraction of sp³-hybridized carbons (Fsp3) is 0.900. The molecule has 1 aliphatic heterocycles. The lowest BCUT2D eigenvalue weighted by Gasteiger charge is -2.30. The Morgan fingerprint density at radius 3 is 2.43 bits per heavy atom. The van der Waals surface area contributed by atoms with E-state index < -0.39 is 5.92 Å². The number of ketones is 1. The molecule has 0 N–H and O–H groups in total. The first-order valence-electron chi connectivity index (χ1n) is 5.20. The number of hydrogen-bond donors (Lipinski definition) is 0. The zero-order valence-electron chi connectivity index (χ0n) is 8.14. The Morgan fingerprint density at radius 1 is 1.29 bits per heavy atom. The Labute approximate surface area is 82.3 Å². The second-order valence-electron chi connectivity index (χ2n) is 4.35. The molecule has 2 fully saturated rings. The molecule has 0 aromatic rings. The van der Waals surface area contributed by atoms with Gasteiger partial charge in [-0.3, -0.25) is 9.69 Å². The van der Waals surface area contributed by atoms with E-state index in [1.54, 1.807) is 0 Å². The van der Waals surface area contributed by atoms with Gasteiger partial charge in [0, 0.05) is 31.8 Å². The molecule has 0 spiro atoms. The molecule has 14 heavy (non-hydrogen) atoms. The summed E-state index contributed by atoms with van der Waals surface area (Å²) in [6.45, 7) is 0.387. The smallest absolute Gasteiger partial charge is 0.261 e. The fourth-order valence-corrected chi connectivity index (χ4v) is 2.36. The first-order valence-corrected chi connectivity index (χ1v) is 5.20. The van der Waals surface area contributed by atoms with Gasteiger partial charge in [0.2, 0.25) is 0 Å². The van der Waals surface area contributed by atoms with Crippen molar-refractivity contribution in [2.75, 3.05) is 13.1 Å². The Morgan fingerprint density at radius 2 is 1.93 bits per heavy atom. The Balaban J connectivity index is 1.88. The number of nitrogens with zero attached hydrogens (tertiary/aromatic N) is 1. The summed E-state index contributed by atoms with van der Waals surface area (Å²) in [5.74, 6) is -2.21. The second-order valence-corrected chi connectivity index (χ2v) is 4.35. The molecule has 1 heterocycles. The fourth-order valence-electron chi connectivity index (χ4n) is 2.36. The quantitative estimate of drug-likeness (QED) is 0.648. The summed E-state index contributed by atoms with van der Waals surface area (Å²) < 4.78 is 25.8. The molecule has 2 aliphatic rings. The van der Waals surface area contributed by atoms with Gasteiger partial charge >= 0.3 is 0 Å². The van der Waals surface area contributed by atoms with E-state index in [9.17, 15) is 13.6 Å². The minimum absolute atomic E-state index is 0.0164. The number of halogens is 2. The van der Waals surface area contributed by atoms with Crippen LogP contribution in [0.4, 0.5) is 8.78 Å². The monoisotopic (exact) mass is 203 g/mol. The molecule has 0 bridgehead atoms. The van der Waals surface area contributed by atoms with Gasteiger partial charge in [0.1, 0.15) is 5.78 Å². The van der Waals surface area contributed by atoms with E-state index >= 15 is 0 Å². The standard InChI is InChI=1S/C10H15F2NO/c11-10(12)5-6-13(7-10)8-1-3-9(14)4-2-8/h8H,1-7H2. The molecular formula is C10H15F2NO. The highest BCUT2D eigenvalue weighted by atomic mass is 19.3. The third-order valence-corrected chi connectivity index (χ3v) is 3.23. The Hall–Kier alpha value is -0.510. The van der Waals surface area contributed by atoms with Crippen LogP contribution in [0.3, 0.4) is 0 Å². The number of rotatable bonds is 1. The molecule has 2 nitrogen and oxygen atoms in total. The second kappa shape index (κ2) is 3.57. The SMILES string of the molecule is O=C1CCC(N2CCC(F)(F)C2)CC1. The number of Topliss-reactive ketones (excluding diaryl/α,β-unsaturated/α-hetero) is 1. The van der Waals surface area contributed by atoms with E-state index in [1.165, 1.54) is 0 Å². The maximum absolute atomic E-state index is 12.9. The molecule has 0 amide bonds. The van der Waals surface area contributed by atoms with Gasteiger partial charge in [-0.25, -0.2) is 8.78 Å². The van der Waals surface area contributed by atoms with Crippen molar-refractivity contribution in [3.8, 4) is 0 Å². The van der Waals surface area contributed by atoms with Gasteiger partial charge in [-0.05, 0) is 12.8 Å². The molecule has 0 aromatic carbocycles. The molecular weight excluding hydrogens is 188 g/mol. The Bertz CT molecular complexity index is 232. The van der Waals surface area contributed by atoms with E-state index in [1.807, 2.05) is 4.90 Å². The number of carbonyl (C=O) groups is 1. The highest BCUT2D eigenvalue weighted by Gasteiger charge is 2.41. The van der Waals surface area contributed by atoms with Crippen molar-refractivity contribution in [3.63, 3.8) is 0 Å². The van der Waals surface area contributed by atoms with Gasteiger partial charge < -0.3 is 0 Å². The van der Waals surface area contributed by atoms with Crippen LogP contribution in [-0.2, 0) is 4.79 Å². The van der Waals surface area contributed by atoms with Gasteiger partial charge in [0.05, 0.1) is 6.54 Å². The van der Waals surface area contributed by atoms with Crippen LogP contribution >= 0.6 is 0 Å². The van der Waals surface area contributed by atoms with E-state index in [-0.39, 0.29) is 24.8 Å². The summed E-state index contributed by atoms with van der Waals surface area (Å²) >= 11 is 0. The lowest BCUT2D eigenvalue weighted by atomic mass is 9.93. The molecule has 4 heteroatoms. The maximum atomic E-state index is 12.9. The van der Waals surface area contributed by atoms with Crippen molar-refractivity contribution >= 4 is 5.78 Å². The van der Waals surface area contributed by atoms with E-state index in [0.717, 1.165) is 12.8 Å². The summed E-state index contributed by atoms with van der Waals surface area (Å²) in [6, 6.07) is 0.223. The summed E-state index contributed by atoms with van der Waals surface area (Å²) in [6.07, 6.45) is 2.68. The first kappa shape index (κ1) is 10.0. The van der Waals surface area contributed by atoms with Crippen molar-refractivity contribution < 1.29 is 13.6 Å². The van der Waals surface area contributed by atoms with E-state index in [2.05, 4.69) is 0 Å². The molecule has 0 aromatic heterocycles. The number of hydrogen-bond acceptors (Lipinski definition) is 2. The molecule has 1 saturated heterocycles. The molecule has 0 unspecified atom stereocenters. The van der Waals surface area contributed by atoms with Crippen LogP contribution in [-0.4, -0.2) is 35.7 Å². The summed E-state index contributed by atoms with van der Waals surface area (Å²) in [5, 5.41) is 0. The van der Waals surface area contributed by atoms with Crippen LogP contribution in [0.1, 0.15) is 32.1 Å². The average Bonchev–Trinajstić information content (AvgIpc) is 2.47. The summed E-state index contributed by atoms with van der Waals surface area (Å²) in [7, 11) is 0. The molecule has 1 saturated carbocycles. The number of alkyl halides is 2. The topological polar surface area (TPSA) is 20.3 Å². The van der Waals surface area contributed by atoms with Crippen molar-refractivity contribution in [1.82, 2.24) is 4.90 Å². The van der Waals surface area contributed by atoms with E-state index in [4.69, 9.17) is 0 Å². The van der Waals surface area contributed by atoms with Gasteiger partial charge in [0.15, 0.2) is 0 Å². The molecule has 80 valence electrons. The van der Waals surface area contributed by atoms with Crippen LogP contribution in [0.5, 0.6) is 0 Å². The third kappa shape index (κ3) is 2.11. The molecule has 0 radical (unpaired) electrons. The van der Waals surface area contributed by atoms with Gasteiger partial charge in [-0.15, -0.1) is 0 Å². The summed E-state index contributed by atoms with van der Waals surface area (Å²) in [5.41, 5.74) is 0. The lowest BCUT2D eigenvalue weighted by Crippen LogP contribution is -2.38. The number of likely N-dealkylation sites (tertiary alicyclic amines) is 1. The first-order chi connectivity index (χ1) is 6.57. The van der Waals surface area contributed by atoms with Crippen LogP contribution in [0.2, 0.25) is 0 Å². The lowest BCUT2D eigenvalue weighted by molar-refractivity contribution is -0.121. The zero-order chi connectivity index (χ0) is 10.2. The minimum Gasteiger partial charge on any atom is -0.300 e. The Kier molecular flexibility index (Phi) is 2.56. The van der Waals surface area contributed by atoms with Crippen LogP contribution in [0, 0.1) is 0 Å². The molecule has 2 rings (SSSR count). The van der Waals surface area contributed by atoms with Gasteiger partial charge in [-0.1, -0.05) is 0 Å². The molecule has 1 aliphatic carbocycles. The summed E-state index contributed by atoms with van der Waals surface area (Å²) in [4.78, 5) is 12.8. The average molecular weight is 203 g/mol. The van der Waals surface area contributed by atoms with Crippen LogP contribution < -0.4 is 0 Å². The molecule has 0 atom stereocenters. The maximum Gasteiger partial charge on any atom is 0.261 e. The van der Waals surface area contributed by atoms with Crippen LogP contribution in [0.15, 0.2) is 0 Å². The van der Waals surface area contributed by atoms with Crippen molar-refractivity contribution in [2.24, 2.45) is 0 Å². The highest BCUT2D eigenvalue weighted by molar-refractivity contribution is 5.79. The van der Waals surface area contributed by atoms with Crippen LogP contribution in [0.25, 0.3) is 0 Å².